The third kappa shape index (κ3) is 2.61. The Morgan fingerprint density at radius 3 is 2.76 bits per heavy atom. The van der Waals surface area contributed by atoms with Crippen LogP contribution < -0.4 is 10.6 Å². The lowest BCUT2D eigenvalue weighted by molar-refractivity contribution is 0.710. The Bertz CT molecular complexity index is 403. The predicted octanol–water partition coefficient (Wildman–Crippen LogP) is 2.95. The van der Waals surface area contributed by atoms with Crippen LogP contribution in [0, 0.1) is 13.8 Å². The van der Waals surface area contributed by atoms with E-state index in [1.807, 2.05) is 11.8 Å². The van der Waals surface area contributed by atoms with E-state index >= 15 is 0 Å². The number of hydrogen-bond donors (Lipinski definition) is 1. The van der Waals surface area contributed by atoms with E-state index in [2.05, 4.69) is 37.8 Å². The Morgan fingerprint density at radius 1 is 1.35 bits per heavy atom. The molecule has 0 aliphatic carbocycles. The topological polar surface area (TPSA) is 29.3 Å². The van der Waals surface area contributed by atoms with E-state index in [9.17, 15) is 0 Å². The van der Waals surface area contributed by atoms with Crippen LogP contribution in [0.4, 0.5) is 5.69 Å². The minimum atomic E-state index is 0.667. The van der Waals surface area contributed by atoms with Crippen LogP contribution in [0.25, 0.3) is 0 Å². The second kappa shape index (κ2) is 5.32. The van der Waals surface area contributed by atoms with Gasteiger partial charge in [-0.3, -0.25) is 0 Å². The van der Waals surface area contributed by atoms with Gasteiger partial charge < -0.3 is 10.6 Å². The molecule has 1 heterocycles. The minimum Gasteiger partial charge on any atom is -0.369 e. The lowest BCUT2D eigenvalue weighted by Crippen LogP contribution is -2.35. The van der Waals surface area contributed by atoms with Gasteiger partial charge in [-0.05, 0) is 37.9 Å². The Labute approximate surface area is 109 Å². The van der Waals surface area contributed by atoms with Gasteiger partial charge in [0, 0.05) is 23.2 Å². The van der Waals surface area contributed by atoms with Gasteiger partial charge in [-0.2, -0.15) is 0 Å². The summed E-state index contributed by atoms with van der Waals surface area (Å²) in [5.74, 6) is 0. The van der Waals surface area contributed by atoms with Crippen LogP contribution in [-0.4, -0.2) is 24.9 Å². The fourth-order valence-corrected chi connectivity index (χ4v) is 3.75. The molecule has 0 fully saturated rings. The summed E-state index contributed by atoms with van der Waals surface area (Å²) in [5.41, 5.74) is 9.88. The van der Waals surface area contributed by atoms with Crippen LogP contribution in [-0.2, 0) is 0 Å². The summed E-state index contributed by atoms with van der Waals surface area (Å²) in [5, 5.41) is 0.667. The van der Waals surface area contributed by atoms with Crippen molar-refractivity contribution in [2.24, 2.45) is 5.73 Å². The summed E-state index contributed by atoms with van der Waals surface area (Å²) in [7, 11) is 0. The van der Waals surface area contributed by atoms with Crippen molar-refractivity contribution >= 4 is 17.4 Å². The molecule has 2 rings (SSSR count). The normalized spacial score (nSPS) is 19.3. The van der Waals surface area contributed by atoms with Crippen molar-refractivity contribution in [1.29, 1.82) is 0 Å². The molecule has 2 nitrogen and oxygen atoms in total. The van der Waals surface area contributed by atoms with E-state index in [0.29, 0.717) is 5.25 Å². The summed E-state index contributed by atoms with van der Waals surface area (Å²) in [6.07, 6.45) is 1.07. The molecule has 0 spiro atoms. The van der Waals surface area contributed by atoms with Gasteiger partial charge in [-0.15, -0.1) is 11.8 Å². The number of thioether (sulfide) groups is 1. The zero-order valence-corrected chi connectivity index (χ0v) is 11.8. The monoisotopic (exact) mass is 250 g/mol. The molecule has 1 atom stereocenters. The van der Waals surface area contributed by atoms with E-state index in [1.54, 1.807) is 0 Å². The zero-order chi connectivity index (χ0) is 12.4. The highest BCUT2D eigenvalue weighted by molar-refractivity contribution is 8.00. The highest BCUT2D eigenvalue weighted by Gasteiger charge is 2.24. The number of nitrogens with two attached hydrogens (primary N) is 1. The Hall–Kier alpha value is -0.670. The summed E-state index contributed by atoms with van der Waals surface area (Å²) >= 11 is 2.02. The Kier molecular flexibility index (Phi) is 4.00. The van der Waals surface area contributed by atoms with E-state index in [0.717, 1.165) is 26.1 Å². The average Bonchev–Trinajstić information content (AvgIpc) is 2.30. The maximum absolute atomic E-state index is 5.64. The molecule has 1 unspecified atom stereocenters. The molecule has 0 saturated heterocycles. The Morgan fingerprint density at radius 2 is 2.06 bits per heavy atom. The van der Waals surface area contributed by atoms with Crippen molar-refractivity contribution in [1.82, 2.24) is 0 Å². The first-order valence-electron chi connectivity index (χ1n) is 6.35. The van der Waals surface area contributed by atoms with Crippen molar-refractivity contribution in [2.45, 2.75) is 37.3 Å². The molecule has 1 aliphatic rings. The fourth-order valence-electron chi connectivity index (χ4n) is 2.44. The SMILES string of the molecule is Cc1ccc(C)c2c1SC(C)CN2CCCN. The maximum atomic E-state index is 5.64. The van der Waals surface area contributed by atoms with E-state index in [4.69, 9.17) is 5.73 Å². The van der Waals surface area contributed by atoms with Gasteiger partial charge in [0.15, 0.2) is 0 Å². The van der Waals surface area contributed by atoms with Gasteiger partial charge >= 0.3 is 0 Å². The Balaban J connectivity index is 2.37. The number of hydrogen-bond acceptors (Lipinski definition) is 3. The fraction of sp³-hybridized carbons (Fsp3) is 0.571. The van der Waals surface area contributed by atoms with Gasteiger partial charge in [0.25, 0.3) is 0 Å². The van der Waals surface area contributed by atoms with Gasteiger partial charge in [0.1, 0.15) is 0 Å². The first kappa shape index (κ1) is 12.8. The van der Waals surface area contributed by atoms with Crippen molar-refractivity contribution in [3.05, 3.63) is 23.3 Å². The van der Waals surface area contributed by atoms with Gasteiger partial charge in [0.2, 0.25) is 0 Å². The molecule has 1 aromatic rings. The second-order valence-electron chi connectivity index (χ2n) is 4.89. The van der Waals surface area contributed by atoms with Crippen molar-refractivity contribution < 1.29 is 0 Å². The van der Waals surface area contributed by atoms with Gasteiger partial charge in [-0.1, -0.05) is 19.1 Å². The third-order valence-electron chi connectivity index (χ3n) is 3.28. The average molecular weight is 250 g/mol. The highest BCUT2D eigenvalue weighted by Crippen LogP contribution is 2.42. The van der Waals surface area contributed by atoms with Crippen molar-refractivity contribution in [3.8, 4) is 0 Å². The third-order valence-corrected chi connectivity index (χ3v) is 4.58. The number of anilines is 1. The number of benzene rings is 1. The molecule has 0 radical (unpaired) electrons. The lowest BCUT2D eigenvalue weighted by Gasteiger charge is -2.36. The lowest BCUT2D eigenvalue weighted by atomic mass is 10.1. The second-order valence-corrected chi connectivity index (χ2v) is 6.34. The van der Waals surface area contributed by atoms with Crippen LogP contribution in [0.3, 0.4) is 0 Å². The molecule has 1 aromatic carbocycles. The van der Waals surface area contributed by atoms with Crippen LogP contribution in [0.5, 0.6) is 0 Å². The largest absolute Gasteiger partial charge is 0.369 e. The number of fused-ring (bicyclic) bond motifs is 1. The minimum absolute atomic E-state index is 0.667. The smallest absolute Gasteiger partial charge is 0.0537 e. The molecule has 0 saturated carbocycles. The summed E-state index contributed by atoms with van der Waals surface area (Å²) < 4.78 is 0. The molecular formula is C14H22N2S. The summed E-state index contributed by atoms with van der Waals surface area (Å²) in [4.78, 5) is 3.99. The van der Waals surface area contributed by atoms with Crippen molar-refractivity contribution in [2.75, 3.05) is 24.5 Å². The predicted molar refractivity (Wildman–Crippen MR) is 77.1 cm³/mol. The van der Waals surface area contributed by atoms with Crippen LogP contribution in [0.15, 0.2) is 17.0 Å². The molecule has 94 valence electrons. The molecular weight excluding hydrogens is 228 g/mol. The number of rotatable bonds is 3. The van der Waals surface area contributed by atoms with E-state index in [-0.39, 0.29) is 0 Å². The molecule has 1 aliphatic heterocycles. The van der Waals surface area contributed by atoms with Crippen LogP contribution >= 0.6 is 11.8 Å². The van der Waals surface area contributed by atoms with E-state index < -0.39 is 0 Å². The molecule has 3 heteroatoms. The van der Waals surface area contributed by atoms with Gasteiger partial charge in [0.05, 0.1) is 5.69 Å². The number of aryl methyl sites for hydroxylation is 2. The first-order valence-corrected chi connectivity index (χ1v) is 7.23. The molecule has 0 amide bonds. The number of nitrogens with zero attached hydrogens (tertiary/aromatic N) is 1. The highest BCUT2D eigenvalue weighted by atomic mass is 32.2. The molecule has 0 bridgehead atoms. The quantitative estimate of drug-likeness (QED) is 0.894. The van der Waals surface area contributed by atoms with Gasteiger partial charge in [-0.25, -0.2) is 0 Å². The standard InChI is InChI=1S/C14H22N2S/c1-10-5-6-11(2)14-13(10)16(8-4-7-15)9-12(3)17-14/h5-6,12H,4,7-9,15H2,1-3H3. The zero-order valence-electron chi connectivity index (χ0n) is 11.0. The molecule has 2 N–H and O–H groups in total. The van der Waals surface area contributed by atoms with Crippen LogP contribution in [0.1, 0.15) is 24.5 Å². The maximum Gasteiger partial charge on any atom is 0.0537 e. The molecule has 0 aromatic heterocycles. The summed E-state index contributed by atoms with van der Waals surface area (Å²) in [6.45, 7) is 9.73. The summed E-state index contributed by atoms with van der Waals surface area (Å²) in [6, 6.07) is 4.47. The first-order chi connectivity index (χ1) is 8.13. The van der Waals surface area contributed by atoms with Crippen molar-refractivity contribution in [3.63, 3.8) is 0 Å². The molecule has 17 heavy (non-hydrogen) atoms. The van der Waals surface area contributed by atoms with E-state index in [1.165, 1.54) is 21.7 Å². The van der Waals surface area contributed by atoms with Crippen LogP contribution in [0.2, 0.25) is 0 Å².